The van der Waals surface area contributed by atoms with Gasteiger partial charge in [-0.3, -0.25) is 19.7 Å². The van der Waals surface area contributed by atoms with Crippen molar-refractivity contribution in [3.8, 4) is 0 Å². The third-order valence-electron chi connectivity index (χ3n) is 4.82. The van der Waals surface area contributed by atoms with Crippen molar-refractivity contribution in [2.24, 2.45) is 0 Å². The second kappa shape index (κ2) is 11.5. The smallest absolute Gasteiger partial charge is 0.337 e. The van der Waals surface area contributed by atoms with E-state index in [-0.39, 0.29) is 27.7 Å². The molecule has 0 aromatic heterocycles. The van der Waals surface area contributed by atoms with Gasteiger partial charge in [-0.15, -0.1) is 11.8 Å². The molecule has 3 aromatic rings. The number of thioether (sulfide) groups is 1. The van der Waals surface area contributed by atoms with E-state index in [0.29, 0.717) is 22.7 Å². The third kappa shape index (κ3) is 6.81. The average Bonchev–Trinajstić information content (AvgIpc) is 2.83. The quantitative estimate of drug-likeness (QED) is 0.189. The number of nitrogens with one attached hydrogen (secondary N) is 2. The summed E-state index contributed by atoms with van der Waals surface area (Å²) in [5.41, 5.74) is 0.624. The molecular weight excluding hydrogens is 494 g/mol. The molecule has 1 atom stereocenters. The van der Waals surface area contributed by atoms with E-state index in [1.54, 1.807) is 24.3 Å². The van der Waals surface area contributed by atoms with Gasteiger partial charge in [0.2, 0.25) is 5.91 Å². The third-order valence-corrected chi connectivity index (χ3v) is 6.50. The van der Waals surface area contributed by atoms with E-state index in [9.17, 15) is 29.6 Å². The molecule has 0 aliphatic heterocycles. The summed E-state index contributed by atoms with van der Waals surface area (Å²) in [6.07, 6.45) is 0.486. The number of carbonyl (C=O) groups excluding carboxylic acids is 2. The summed E-state index contributed by atoms with van der Waals surface area (Å²) in [7, 11) is 0. The fraction of sp³-hybridized carbons (Fsp3) is 0.125. The number of hydrogen-bond acceptors (Lipinski definition) is 6. The normalized spacial score (nSPS) is 11.4. The molecular formula is C24H20ClN3O6S. The summed E-state index contributed by atoms with van der Waals surface area (Å²) in [6.45, 7) is 1.84. The summed E-state index contributed by atoms with van der Waals surface area (Å²) < 4.78 is 0. The van der Waals surface area contributed by atoms with Crippen molar-refractivity contribution in [2.75, 3.05) is 10.6 Å². The molecule has 11 heteroatoms. The summed E-state index contributed by atoms with van der Waals surface area (Å²) in [4.78, 5) is 47.7. The molecule has 180 valence electrons. The molecule has 0 spiro atoms. The zero-order chi connectivity index (χ0) is 25.5. The highest BCUT2D eigenvalue weighted by Crippen LogP contribution is 2.29. The number of carboxylic acid groups (broad SMARTS) is 1. The van der Waals surface area contributed by atoms with Gasteiger partial charge in [-0.25, -0.2) is 4.79 Å². The first kappa shape index (κ1) is 25.7. The fourth-order valence-corrected chi connectivity index (χ4v) is 4.30. The molecule has 0 saturated heterocycles. The molecule has 0 heterocycles. The topological polar surface area (TPSA) is 139 Å². The number of benzene rings is 3. The lowest BCUT2D eigenvalue weighted by atomic mass is 10.2. The van der Waals surface area contributed by atoms with Crippen LogP contribution in [0.2, 0.25) is 5.02 Å². The van der Waals surface area contributed by atoms with E-state index in [2.05, 4.69) is 10.6 Å². The molecule has 1 unspecified atom stereocenters. The number of carboxylic acids is 1. The Balaban J connectivity index is 1.69. The second-order valence-corrected chi connectivity index (χ2v) is 8.98. The van der Waals surface area contributed by atoms with Gasteiger partial charge in [-0.2, -0.15) is 0 Å². The van der Waals surface area contributed by atoms with Crippen LogP contribution >= 0.6 is 23.4 Å². The predicted molar refractivity (Wildman–Crippen MR) is 134 cm³/mol. The fourth-order valence-electron chi connectivity index (χ4n) is 3.09. The Morgan fingerprint density at radius 1 is 1.03 bits per heavy atom. The molecule has 35 heavy (non-hydrogen) atoms. The van der Waals surface area contributed by atoms with Crippen molar-refractivity contribution in [1.29, 1.82) is 0 Å². The van der Waals surface area contributed by atoms with Crippen molar-refractivity contribution in [2.45, 2.75) is 23.5 Å². The van der Waals surface area contributed by atoms with Crippen molar-refractivity contribution in [3.63, 3.8) is 0 Å². The molecule has 3 N–H and O–H groups in total. The van der Waals surface area contributed by atoms with E-state index in [0.717, 1.165) is 0 Å². The second-order valence-electron chi connectivity index (χ2n) is 7.29. The molecule has 2 amide bonds. The van der Waals surface area contributed by atoms with Gasteiger partial charge in [0.15, 0.2) is 0 Å². The van der Waals surface area contributed by atoms with E-state index in [4.69, 9.17) is 11.6 Å². The largest absolute Gasteiger partial charge is 0.478 e. The summed E-state index contributed by atoms with van der Waals surface area (Å²) in [6, 6.07) is 16.5. The van der Waals surface area contributed by atoms with Crippen LogP contribution in [0.1, 0.15) is 34.1 Å². The predicted octanol–water partition coefficient (Wildman–Crippen LogP) is 5.71. The van der Waals surface area contributed by atoms with Gasteiger partial charge >= 0.3 is 5.97 Å². The van der Waals surface area contributed by atoms with Crippen LogP contribution in [0.15, 0.2) is 71.6 Å². The van der Waals surface area contributed by atoms with Gasteiger partial charge in [-0.05, 0) is 48.9 Å². The SMILES string of the molecule is CCC(Sc1cccc(NC(=O)c2cccc([N+](=O)[O-])c2)c1)C(=O)Nc1ccc(Cl)c(C(=O)O)c1. The maximum Gasteiger partial charge on any atom is 0.337 e. The van der Waals surface area contributed by atoms with Gasteiger partial charge in [0.05, 0.1) is 20.8 Å². The lowest BCUT2D eigenvalue weighted by Crippen LogP contribution is -2.24. The highest BCUT2D eigenvalue weighted by molar-refractivity contribution is 8.00. The van der Waals surface area contributed by atoms with Gasteiger partial charge < -0.3 is 15.7 Å². The number of nitro benzene ring substituents is 1. The van der Waals surface area contributed by atoms with Crippen molar-refractivity contribution in [3.05, 3.63) is 93.0 Å². The van der Waals surface area contributed by atoms with Crippen molar-refractivity contribution >= 4 is 58.2 Å². The van der Waals surface area contributed by atoms with E-state index in [1.165, 1.54) is 54.2 Å². The number of aromatic carboxylic acids is 1. The molecule has 0 aliphatic carbocycles. The summed E-state index contributed by atoms with van der Waals surface area (Å²) >= 11 is 7.16. The highest BCUT2D eigenvalue weighted by Gasteiger charge is 2.20. The van der Waals surface area contributed by atoms with Crippen LogP contribution in [-0.4, -0.2) is 33.1 Å². The number of non-ortho nitro benzene ring substituents is 1. The Morgan fingerprint density at radius 2 is 1.74 bits per heavy atom. The standard InChI is InChI=1S/C24H20ClN3O6S/c1-2-21(23(30)27-16-9-10-20(25)19(13-16)24(31)32)35-18-8-4-6-15(12-18)26-22(29)14-5-3-7-17(11-14)28(33)34/h3-13,21H,2H2,1H3,(H,26,29)(H,27,30)(H,31,32). The molecule has 3 rings (SSSR count). The van der Waals surface area contributed by atoms with Crippen LogP contribution in [0.4, 0.5) is 17.1 Å². The Hall–Kier alpha value is -3.89. The maximum absolute atomic E-state index is 12.8. The Labute approximate surface area is 209 Å². The molecule has 0 aliphatic rings. The molecule has 0 fully saturated rings. The zero-order valence-electron chi connectivity index (χ0n) is 18.4. The van der Waals surface area contributed by atoms with E-state index >= 15 is 0 Å². The first-order chi connectivity index (χ1) is 16.7. The first-order valence-electron chi connectivity index (χ1n) is 10.3. The first-order valence-corrected chi connectivity index (χ1v) is 11.6. The minimum Gasteiger partial charge on any atom is -0.478 e. The Kier molecular flexibility index (Phi) is 8.45. The van der Waals surface area contributed by atoms with Crippen LogP contribution in [0, 0.1) is 10.1 Å². The van der Waals surface area contributed by atoms with Gasteiger partial charge in [0.1, 0.15) is 0 Å². The monoisotopic (exact) mass is 513 g/mol. The lowest BCUT2D eigenvalue weighted by Gasteiger charge is -2.16. The number of amides is 2. The van der Waals surface area contributed by atoms with Crippen LogP contribution in [0.5, 0.6) is 0 Å². The average molecular weight is 514 g/mol. The number of nitrogens with zero attached hydrogens (tertiary/aromatic N) is 1. The van der Waals surface area contributed by atoms with E-state index < -0.39 is 22.0 Å². The van der Waals surface area contributed by atoms with Crippen molar-refractivity contribution < 1.29 is 24.4 Å². The number of rotatable bonds is 9. The summed E-state index contributed by atoms with van der Waals surface area (Å²) in [5.74, 6) is -2.02. The number of halogens is 1. The highest BCUT2D eigenvalue weighted by atomic mass is 35.5. The van der Waals surface area contributed by atoms with Crippen LogP contribution in [0.3, 0.4) is 0 Å². The molecule has 0 saturated carbocycles. The minimum absolute atomic E-state index is 0.0703. The van der Waals surface area contributed by atoms with E-state index in [1.807, 2.05) is 6.92 Å². The van der Waals surface area contributed by atoms with Crippen molar-refractivity contribution in [1.82, 2.24) is 0 Å². The number of hydrogen-bond donors (Lipinski definition) is 3. The number of nitro groups is 1. The molecule has 0 radical (unpaired) electrons. The Morgan fingerprint density at radius 3 is 2.43 bits per heavy atom. The van der Waals surface area contributed by atoms with Crippen LogP contribution in [0.25, 0.3) is 0 Å². The molecule has 9 nitrogen and oxygen atoms in total. The maximum atomic E-state index is 12.8. The molecule has 0 bridgehead atoms. The minimum atomic E-state index is -1.20. The van der Waals surface area contributed by atoms with Gasteiger partial charge in [-0.1, -0.05) is 30.7 Å². The molecule has 3 aromatic carbocycles. The zero-order valence-corrected chi connectivity index (χ0v) is 19.9. The Bertz CT molecular complexity index is 1300. The lowest BCUT2D eigenvalue weighted by molar-refractivity contribution is -0.384. The van der Waals surface area contributed by atoms with Gasteiger partial charge in [0, 0.05) is 34.0 Å². The van der Waals surface area contributed by atoms with Crippen LogP contribution < -0.4 is 10.6 Å². The number of carbonyl (C=O) groups is 3. The summed E-state index contributed by atoms with van der Waals surface area (Å²) in [5, 5.41) is 25.1. The number of anilines is 2. The van der Waals surface area contributed by atoms with Crippen LogP contribution in [-0.2, 0) is 4.79 Å². The van der Waals surface area contributed by atoms with Gasteiger partial charge in [0.25, 0.3) is 11.6 Å².